The van der Waals surface area contributed by atoms with Crippen LogP contribution in [0.25, 0.3) is 10.2 Å². The van der Waals surface area contributed by atoms with Crippen LogP contribution >= 0.6 is 11.3 Å². The van der Waals surface area contributed by atoms with Crippen molar-refractivity contribution < 1.29 is 19.4 Å². The molecule has 0 saturated carbocycles. The van der Waals surface area contributed by atoms with Crippen molar-refractivity contribution in [2.24, 2.45) is 0 Å². The highest BCUT2D eigenvalue weighted by molar-refractivity contribution is 7.20. The molecule has 0 unspecified atom stereocenters. The second-order valence-corrected chi connectivity index (χ2v) is 7.41. The molecular weight excluding hydrogens is 378 g/mol. The Hall–Kier alpha value is -2.87. The summed E-state index contributed by atoms with van der Waals surface area (Å²) in [6.07, 6.45) is 0. The van der Waals surface area contributed by atoms with Gasteiger partial charge in [-0.15, -0.1) is 11.3 Å². The van der Waals surface area contributed by atoms with Gasteiger partial charge in [-0.3, -0.25) is 0 Å². The topological polar surface area (TPSA) is 84.8 Å². The second kappa shape index (κ2) is 8.02. The minimum absolute atomic E-state index is 0.0990. The van der Waals surface area contributed by atoms with E-state index in [4.69, 9.17) is 9.47 Å². The fourth-order valence-corrected chi connectivity index (χ4v) is 4.17. The largest absolute Gasteiger partial charge is 0.504 e. The van der Waals surface area contributed by atoms with E-state index < -0.39 is 0 Å². The minimum Gasteiger partial charge on any atom is -0.504 e. The van der Waals surface area contributed by atoms with Gasteiger partial charge in [-0.1, -0.05) is 6.07 Å². The molecule has 7 nitrogen and oxygen atoms in total. The van der Waals surface area contributed by atoms with Gasteiger partial charge in [0.2, 0.25) is 0 Å². The standard InChI is InChI=1S/C20H23N3O4S/c1-6-27-20(25)17-11(2)16-18(21-12(3)22-19(16)28-17)23(4)10-13-7-8-14(24)15(9-13)26-5/h7-9,24H,6,10H2,1-5H3. The molecule has 148 valence electrons. The molecule has 0 saturated heterocycles. The van der Waals surface area contributed by atoms with Crippen molar-refractivity contribution >= 4 is 33.3 Å². The van der Waals surface area contributed by atoms with Gasteiger partial charge >= 0.3 is 5.97 Å². The normalized spacial score (nSPS) is 10.9. The average molecular weight is 401 g/mol. The molecule has 0 fully saturated rings. The lowest BCUT2D eigenvalue weighted by atomic mass is 10.1. The summed E-state index contributed by atoms with van der Waals surface area (Å²) < 4.78 is 10.4. The summed E-state index contributed by atoms with van der Waals surface area (Å²) in [5, 5.41) is 10.7. The molecule has 0 aliphatic carbocycles. The monoisotopic (exact) mass is 401 g/mol. The van der Waals surface area contributed by atoms with Crippen LogP contribution < -0.4 is 9.64 Å². The number of esters is 1. The molecule has 3 rings (SSSR count). The Bertz CT molecular complexity index is 1030. The minimum atomic E-state index is -0.336. The Morgan fingerprint density at radius 3 is 2.71 bits per heavy atom. The number of carbonyl (C=O) groups excluding carboxylic acids is 1. The zero-order chi connectivity index (χ0) is 20.4. The van der Waals surface area contributed by atoms with Gasteiger partial charge in [0, 0.05) is 13.6 Å². The number of hydrogen-bond acceptors (Lipinski definition) is 8. The first-order chi connectivity index (χ1) is 13.3. The molecule has 8 heteroatoms. The average Bonchev–Trinajstić information content (AvgIpc) is 2.99. The van der Waals surface area contributed by atoms with E-state index in [0.717, 1.165) is 27.2 Å². The first-order valence-corrected chi connectivity index (χ1v) is 9.69. The molecule has 0 spiro atoms. The molecule has 0 amide bonds. The van der Waals surface area contributed by atoms with Crippen molar-refractivity contribution in [3.63, 3.8) is 0 Å². The number of thiophene rings is 1. The molecule has 0 bridgehead atoms. The van der Waals surface area contributed by atoms with Gasteiger partial charge in [-0.2, -0.15) is 0 Å². The van der Waals surface area contributed by atoms with Gasteiger partial charge < -0.3 is 19.5 Å². The number of carbonyl (C=O) groups is 1. The maximum atomic E-state index is 12.3. The quantitative estimate of drug-likeness (QED) is 0.628. The highest BCUT2D eigenvalue weighted by Crippen LogP contribution is 2.36. The predicted octanol–water partition coefficient (Wildman–Crippen LogP) is 3.84. The Labute approximate surface area is 167 Å². The summed E-state index contributed by atoms with van der Waals surface area (Å²) in [6.45, 7) is 6.39. The van der Waals surface area contributed by atoms with Crippen LogP contribution in [0.4, 0.5) is 5.82 Å². The molecule has 1 N–H and O–H groups in total. The third-order valence-electron chi connectivity index (χ3n) is 4.37. The number of aromatic nitrogens is 2. The summed E-state index contributed by atoms with van der Waals surface area (Å²) in [5.74, 6) is 1.57. The van der Waals surface area contributed by atoms with Crippen LogP contribution in [0.3, 0.4) is 0 Å². The number of aromatic hydroxyl groups is 1. The predicted molar refractivity (Wildman–Crippen MR) is 110 cm³/mol. The fraction of sp³-hybridized carbons (Fsp3) is 0.350. The van der Waals surface area contributed by atoms with E-state index in [0.29, 0.717) is 29.6 Å². The number of fused-ring (bicyclic) bond motifs is 1. The number of methoxy groups -OCH3 is 1. The number of phenols is 1. The first kappa shape index (κ1) is 19.9. The Morgan fingerprint density at radius 2 is 2.04 bits per heavy atom. The van der Waals surface area contributed by atoms with Gasteiger partial charge in [-0.05, 0) is 44.0 Å². The van der Waals surface area contributed by atoms with E-state index in [-0.39, 0.29) is 11.7 Å². The van der Waals surface area contributed by atoms with Gasteiger partial charge in [0.1, 0.15) is 21.3 Å². The number of rotatable bonds is 6. The number of hydrogen-bond donors (Lipinski definition) is 1. The van der Waals surface area contributed by atoms with Gasteiger partial charge in [0.25, 0.3) is 0 Å². The maximum Gasteiger partial charge on any atom is 0.348 e. The van der Waals surface area contributed by atoms with Gasteiger partial charge in [-0.25, -0.2) is 14.8 Å². The SMILES string of the molecule is CCOC(=O)c1sc2nc(C)nc(N(C)Cc3ccc(O)c(OC)c3)c2c1C. The van der Waals surface area contributed by atoms with Crippen molar-refractivity contribution in [2.75, 3.05) is 25.7 Å². The number of aryl methyl sites for hydroxylation is 2. The summed E-state index contributed by atoms with van der Waals surface area (Å²) in [5.41, 5.74) is 1.78. The smallest absolute Gasteiger partial charge is 0.348 e. The third kappa shape index (κ3) is 3.73. The zero-order valence-corrected chi connectivity index (χ0v) is 17.4. The number of nitrogens with zero attached hydrogens (tertiary/aromatic N) is 3. The Morgan fingerprint density at radius 1 is 1.29 bits per heavy atom. The summed E-state index contributed by atoms with van der Waals surface area (Å²) >= 11 is 1.33. The first-order valence-electron chi connectivity index (χ1n) is 8.87. The van der Waals surface area contributed by atoms with Crippen LogP contribution in [0.5, 0.6) is 11.5 Å². The molecule has 2 heterocycles. The molecular formula is C20H23N3O4S. The van der Waals surface area contributed by atoms with Crippen molar-refractivity contribution in [3.05, 3.63) is 40.0 Å². The van der Waals surface area contributed by atoms with Crippen LogP contribution in [0.15, 0.2) is 18.2 Å². The number of benzene rings is 1. The van der Waals surface area contributed by atoms with Crippen LogP contribution in [0, 0.1) is 13.8 Å². The number of ether oxygens (including phenoxy) is 2. The van der Waals surface area contributed by atoms with E-state index in [1.807, 2.05) is 31.9 Å². The molecule has 0 radical (unpaired) electrons. The van der Waals surface area contributed by atoms with Crippen molar-refractivity contribution in [3.8, 4) is 11.5 Å². The molecule has 28 heavy (non-hydrogen) atoms. The molecule has 2 aromatic heterocycles. The van der Waals surface area contributed by atoms with E-state index >= 15 is 0 Å². The lowest BCUT2D eigenvalue weighted by Gasteiger charge is -2.20. The molecule has 0 aliphatic heterocycles. The van der Waals surface area contributed by atoms with Crippen molar-refractivity contribution in [1.29, 1.82) is 0 Å². The highest BCUT2D eigenvalue weighted by atomic mass is 32.1. The summed E-state index contributed by atoms with van der Waals surface area (Å²) in [7, 11) is 3.45. The van der Waals surface area contributed by atoms with Gasteiger partial charge in [0.05, 0.1) is 19.1 Å². The number of phenolic OH excluding ortho intramolecular Hbond substituents is 1. The summed E-state index contributed by atoms with van der Waals surface area (Å²) in [6, 6.07) is 5.24. The van der Waals surface area contributed by atoms with Crippen molar-refractivity contribution in [2.45, 2.75) is 27.3 Å². The maximum absolute atomic E-state index is 12.3. The van der Waals surface area contributed by atoms with E-state index in [1.54, 1.807) is 19.1 Å². The van der Waals surface area contributed by atoms with E-state index in [9.17, 15) is 9.90 Å². The molecule has 3 aromatic rings. The lowest BCUT2D eigenvalue weighted by Crippen LogP contribution is -2.19. The molecule has 1 aromatic carbocycles. The lowest BCUT2D eigenvalue weighted by molar-refractivity contribution is 0.0531. The van der Waals surface area contributed by atoms with Crippen molar-refractivity contribution in [1.82, 2.24) is 9.97 Å². The Balaban J connectivity index is 2.03. The van der Waals surface area contributed by atoms with Crippen LogP contribution in [-0.4, -0.2) is 41.8 Å². The van der Waals surface area contributed by atoms with E-state index in [2.05, 4.69) is 9.97 Å². The second-order valence-electron chi connectivity index (χ2n) is 6.41. The van der Waals surface area contributed by atoms with Crippen LogP contribution in [0.1, 0.15) is 33.5 Å². The third-order valence-corrected chi connectivity index (χ3v) is 5.53. The fourth-order valence-electron chi connectivity index (χ4n) is 3.06. The molecule has 0 aliphatic rings. The Kier molecular flexibility index (Phi) is 5.69. The van der Waals surface area contributed by atoms with Crippen LogP contribution in [0.2, 0.25) is 0 Å². The zero-order valence-electron chi connectivity index (χ0n) is 16.6. The summed E-state index contributed by atoms with van der Waals surface area (Å²) in [4.78, 5) is 24.7. The van der Waals surface area contributed by atoms with Crippen LogP contribution in [-0.2, 0) is 11.3 Å². The number of anilines is 1. The molecule has 0 atom stereocenters. The van der Waals surface area contributed by atoms with Gasteiger partial charge in [0.15, 0.2) is 11.5 Å². The highest BCUT2D eigenvalue weighted by Gasteiger charge is 2.22. The van der Waals surface area contributed by atoms with E-state index in [1.165, 1.54) is 18.4 Å².